The van der Waals surface area contributed by atoms with Crippen LogP contribution in [0.3, 0.4) is 0 Å². The lowest BCUT2D eigenvalue weighted by Gasteiger charge is -2.16. The molecule has 0 N–H and O–H groups in total. The SMILES string of the molecule is CCOc1ccc(-n2c(C)nnc2S[C@@H](C[N+](=O)[O-])c2ccccc2OC)cc1. The highest BCUT2D eigenvalue weighted by Crippen LogP contribution is 2.39. The highest BCUT2D eigenvalue weighted by atomic mass is 32.2. The molecule has 0 unspecified atom stereocenters. The van der Waals surface area contributed by atoms with Crippen molar-refractivity contribution in [3.63, 3.8) is 0 Å². The number of nitro groups is 1. The first-order chi connectivity index (χ1) is 14.0. The quantitative estimate of drug-likeness (QED) is 0.296. The highest BCUT2D eigenvalue weighted by Gasteiger charge is 2.26. The molecule has 1 heterocycles. The van der Waals surface area contributed by atoms with Crippen LogP contribution in [0.1, 0.15) is 23.6 Å². The van der Waals surface area contributed by atoms with Crippen molar-refractivity contribution in [2.24, 2.45) is 0 Å². The van der Waals surface area contributed by atoms with Crippen LogP contribution in [0.5, 0.6) is 11.5 Å². The average Bonchev–Trinajstić information content (AvgIpc) is 3.08. The molecule has 9 heteroatoms. The Morgan fingerprint density at radius 3 is 2.55 bits per heavy atom. The molecule has 0 spiro atoms. The van der Waals surface area contributed by atoms with Crippen molar-refractivity contribution in [2.75, 3.05) is 20.3 Å². The lowest BCUT2D eigenvalue weighted by Crippen LogP contribution is -2.12. The summed E-state index contributed by atoms with van der Waals surface area (Å²) >= 11 is 1.29. The summed E-state index contributed by atoms with van der Waals surface area (Å²) in [5.41, 5.74) is 1.61. The third-order valence-corrected chi connectivity index (χ3v) is 5.41. The van der Waals surface area contributed by atoms with Crippen LogP contribution in [0.15, 0.2) is 53.7 Å². The van der Waals surface area contributed by atoms with Gasteiger partial charge in [-0.3, -0.25) is 14.7 Å². The van der Waals surface area contributed by atoms with Gasteiger partial charge < -0.3 is 9.47 Å². The molecule has 1 aromatic heterocycles. The Labute approximate surface area is 173 Å². The molecule has 2 aromatic carbocycles. The van der Waals surface area contributed by atoms with Gasteiger partial charge in [0.2, 0.25) is 6.54 Å². The number of benzene rings is 2. The number of nitrogens with zero attached hydrogens (tertiary/aromatic N) is 4. The number of hydrogen-bond acceptors (Lipinski definition) is 7. The molecule has 0 bridgehead atoms. The Morgan fingerprint density at radius 2 is 1.90 bits per heavy atom. The lowest BCUT2D eigenvalue weighted by atomic mass is 10.1. The van der Waals surface area contributed by atoms with E-state index in [1.807, 2.05) is 60.9 Å². The maximum Gasteiger partial charge on any atom is 0.220 e. The summed E-state index contributed by atoms with van der Waals surface area (Å²) in [5, 5.41) is 19.9. The summed E-state index contributed by atoms with van der Waals surface area (Å²) in [7, 11) is 1.55. The third-order valence-electron chi connectivity index (χ3n) is 4.25. The molecule has 1 atom stereocenters. The van der Waals surface area contributed by atoms with Gasteiger partial charge in [-0.25, -0.2) is 0 Å². The fourth-order valence-corrected chi connectivity index (χ4v) is 4.17. The molecule has 0 amide bonds. The molecule has 0 aliphatic rings. The molecule has 0 fully saturated rings. The van der Waals surface area contributed by atoms with Crippen molar-refractivity contribution in [2.45, 2.75) is 24.3 Å². The number of thioether (sulfide) groups is 1. The molecule has 0 radical (unpaired) electrons. The minimum Gasteiger partial charge on any atom is -0.496 e. The Bertz CT molecular complexity index is 975. The smallest absolute Gasteiger partial charge is 0.220 e. The topological polar surface area (TPSA) is 92.3 Å². The van der Waals surface area contributed by atoms with Gasteiger partial charge in [-0.1, -0.05) is 30.0 Å². The number of hydrogen-bond donors (Lipinski definition) is 0. The number of aryl methyl sites for hydroxylation is 1. The van der Waals surface area contributed by atoms with E-state index in [4.69, 9.17) is 9.47 Å². The first-order valence-electron chi connectivity index (χ1n) is 9.10. The van der Waals surface area contributed by atoms with Gasteiger partial charge in [0.1, 0.15) is 22.6 Å². The zero-order chi connectivity index (χ0) is 20.8. The van der Waals surface area contributed by atoms with E-state index in [9.17, 15) is 10.1 Å². The van der Waals surface area contributed by atoms with Crippen molar-refractivity contribution in [3.05, 3.63) is 70.0 Å². The summed E-state index contributed by atoms with van der Waals surface area (Å²) in [6, 6.07) is 14.9. The van der Waals surface area contributed by atoms with Crippen molar-refractivity contribution >= 4 is 11.8 Å². The van der Waals surface area contributed by atoms with Gasteiger partial charge in [-0.2, -0.15) is 0 Å². The van der Waals surface area contributed by atoms with Crippen LogP contribution in [0.25, 0.3) is 5.69 Å². The van der Waals surface area contributed by atoms with Gasteiger partial charge in [-0.15, -0.1) is 10.2 Å². The second kappa shape index (κ2) is 9.42. The molecule has 0 saturated carbocycles. The third kappa shape index (κ3) is 4.86. The summed E-state index contributed by atoms with van der Waals surface area (Å²) in [4.78, 5) is 11.0. The Kier molecular flexibility index (Phi) is 6.71. The molecule has 0 aliphatic heterocycles. The largest absolute Gasteiger partial charge is 0.496 e. The van der Waals surface area contributed by atoms with Crippen LogP contribution >= 0.6 is 11.8 Å². The molecule has 0 aliphatic carbocycles. The molecule has 8 nitrogen and oxygen atoms in total. The van der Waals surface area contributed by atoms with Gasteiger partial charge in [0.05, 0.1) is 13.7 Å². The zero-order valence-corrected chi connectivity index (χ0v) is 17.3. The standard InChI is InChI=1S/C20H22N4O4S/c1-4-28-16-11-9-15(10-12-16)24-14(2)21-22-20(24)29-19(13-23(25)26)17-7-5-6-8-18(17)27-3/h5-12,19H,4,13H2,1-3H3/t19-/m0/s1. The number of methoxy groups -OCH3 is 1. The van der Waals surface area contributed by atoms with Gasteiger partial charge in [0.15, 0.2) is 5.16 Å². The zero-order valence-electron chi connectivity index (χ0n) is 16.4. The van der Waals surface area contributed by atoms with Crippen LogP contribution in [-0.4, -0.2) is 39.9 Å². The molecule has 0 saturated heterocycles. The van der Waals surface area contributed by atoms with Crippen molar-refractivity contribution in [1.82, 2.24) is 14.8 Å². The fourth-order valence-electron chi connectivity index (χ4n) is 2.97. The Morgan fingerprint density at radius 1 is 1.17 bits per heavy atom. The van der Waals surface area contributed by atoms with E-state index in [0.717, 1.165) is 17.0 Å². The average molecular weight is 414 g/mol. The number of aromatic nitrogens is 3. The molecular weight excluding hydrogens is 392 g/mol. The minimum absolute atomic E-state index is 0.264. The van der Waals surface area contributed by atoms with Crippen LogP contribution in [-0.2, 0) is 0 Å². The van der Waals surface area contributed by atoms with Crippen molar-refractivity contribution in [1.29, 1.82) is 0 Å². The first-order valence-corrected chi connectivity index (χ1v) is 9.98. The second-order valence-electron chi connectivity index (χ2n) is 6.16. The second-order valence-corrected chi connectivity index (χ2v) is 7.33. The van der Waals surface area contributed by atoms with Gasteiger partial charge >= 0.3 is 0 Å². The summed E-state index contributed by atoms with van der Waals surface area (Å²) < 4.78 is 12.8. The summed E-state index contributed by atoms with van der Waals surface area (Å²) in [6.45, 7) is 4.10. The fraction of sp³-hybridized carbons (Fsp3) is 0.300. The van der Waals surface area contributed by atoms with Crippen molar-refractivity contribution < 1.29 is 14.4 Å². The highest BCUT2D eigenvalue weighted by molar-refractivity contribution is 7.99. The maximum absolute atomic E-state index is 11.3. The molecule has 152 valence electrons. The normalized spacial score (nSPS) is 11.8. The maximum atomic E-state index is 11.3. The first kappa shape index (κ1) is 20.7. The predicted molar refractivity (Wildman–Crippen MR) is 111 cm³/mol. The van der Waals surface area contributed by atoms with Crippen LogP contribution < -0.4 is 9.47 Å². The monoisotopic (exact) mass is 414 g/mol. The number of rotatable bonds is 9. The Balaban J connectivity index is 1.96. The van der Waals surface area contributed by atoms with Crippen molar-refractivity contribution in [3.8, 4) is 17.2 Å². The van der Waals surface area contributed by atoms with Crippen LogP contribution in [0.4, 0.5) is 0 Å². The predicted octanol–water partition coefficient (Wildman–Crippen LogP) is 4.09. The van der Waals surface area contributed by atoms with E-state index in [0.29, 0.717) is 23.3 Å². The summed E-state index contributed by atoms with van der Waals surface area (Å²) in [5.74, 6) is 2.07. The van der Waals surface area contributed by atoms with Crippen LogP contribution in [0, 0.1) is 17.0 Å². The minimum atomic E-state index is -0.480. The van der Waals surface area contributed by atoms with E-state index >= 15 is 0 Å². The Hall–Kier alpha value is -3.07. The molecule has 3 rings (SSSR count). The lowest BCUT2D eigenvalue weighted by molar-refractivity contribution is -0.479. The van der Waals surface area contributed by atoms with Crippen LogP contribution in [0.2, 0.25) is 0 Å². The summed E-state index contributed by atoms with van der Waals surface area (Å²) in [6.07, 6.45) is 0. The molecule has 29 heavy (non-hydrogen) atoms. The molecular formula is C20H22N4O4S. The van der Waals surface area contributed by atoms with E-state index in [2.05, 4.69) is 10.2 Å². The van der Waals surface area contributed by atoms with Gasteiger partial charge in [0, 0.05) is 16.2 Å². The molecule has 3 aromatic rings. The van der Waals surface area contributed by atoms with E-state index in [1.165, 1.54) is 11.8 Å². The number of para-hydroxylation sites is 1. The van der Waals surface area contributed by atoms with Gasteiger partial charge in [-0.05, 0) is 44.2 Å². The number of ether oxygens (including phenoxy) is 2. The van der Waals surface area contributed by atoms with E-state index in [1.54, 1.807) is 13.2 Å². The van der Waals surface area contributed by atoms with E-state index in [-0.39, 0.29) is 11.5 Å². The van der Waals surface area contributed by atoms with E-state index < -0.39 is 5.25 Å². The van der Waals surface area contributed by atoms with Gasteiger partial charge in [0.25, 0.3) is 0 Å².